The Kier molecular flexibility index (Phi) is 6.73. The third-order valence-electron chi connectivity index (χ3n) is 5.95. The van der Waals surface area contributed by atoms with Gasteiger partial charge in [0.15, 0.2) is 0 Å². The summed E-state index contributed by atoms with van der Waals surface area (Å²) in [5, 5.41) is 10.5. The molecule has 0 saturated carbocycles. The second-order valence-electron chi connectivity index (χ2n) is 7.67. The van der Waals surface area contributed by atoms with E-state index in [-0.39, 0.29) is 17.3 Å². The van der Waals surface area contributed by atoms with Crippen molar-refractivity contribution in [3.8, 4) is 0 Å². The number of rotatable bonds is 7. The van der Waals surface area contributed by atoms with Crippen LogP contribution in [0.4, 0.5) is 0 Å². The van der Waals surface area contributed by atoms with Crippen LogP contribution in [-0.4, -0.2) is 35.6 Å². The van der Waals surface area contributed by atoms with Crippen molar-refractivity contribution in [1.82, 2.24) is 0 Å². The molecule has 129 valence electrons. The van der Waals surface area contributed by atoms with Crippen LogP contribution in [0.1, 0.15) is 78.1 Å². The molecule has 3 heteroatoms. The second-order valence-corrected chi connectivity index (χ2v) is 7.67. The van der Waals surface area contributed by atoms with E-state index in [4.69, 9.17) is 9.47 Å². The highest BCUT2D eigenvalue weighted by Crippen LogP contribution is 2.37. The summed E-state index contributed by atoms with van der Waals surface area (Å²) < 4.78 is 11.9. The smallest absolute Gasteiger partial charge is 0.0912 e. The average molecular weight is 311 g/mol. The lowest BCUT2D eigenvalue weighted by Crippen LogP contribution is -2.44. The van der Waals surface area contributed by atoms with Crippen molar-refractivity contribution in [1.29, 1.82) is 0 Å². The van der Waals surface area contributed by atoms with Crippen LogP contribution in [-0.2, 0) is 9.47 Å². The Balaban J connectivity index is 1.78. The quantitative estimate of drug-likeness (QED) is 0.763. The average Bonchev–Trinajstić information content (AvgIpc) is 2.52. The van der Waals surface area contributed by atoms with E-state index in [1.807, 2.05) is 0 Å². The Labute approximate surface area is 136 Å². The maximum atomic E-state index is 10.5. The van der Waals surface area contributed by atoms with Gasteiger partial charge in [0.25, 0.3) is 0 Å². The van der Waals surface area contributed by atoms with E-state index in [2.05, 4.69) is 20.8 Å². The molecular formula is C19H35O3. The number of aliphatic hydroxyl groups is 1. The third-order valence-corrected chi connectivity index (χ3v) is 5.95. The lowest BCUT2D eigenvalue weighted by molar-refractivity contribution is -0.139. The van der Waals surface area contributed by atoms with Crippen LogP contribution in [0.5, 0.6) is 0 Å². The fourth-order valence-corrected chi connectivity index (χ4v) is 4.11. The van der Waals surface area contributed by atoms with Gasteiger partial charge in [-0.1, -0.05) is 13.3 Å². The molecule has 2 fully saturated rings. The summed E-state index contributed by atoms with van der Waals surface area (Å²) in [5.41, 5.74) is -0.334. The molecular weight excluding hydrogens is 276 g/mol. The molecule has 0 aromatic rings. The Morgan fingerprint density at radius 3 is 2.05 bits per heavy atom. The first-order valence-corrected chi connectivity index (χ1v) is 9.25. The molecule has 2 heterocycles. The van der Waals surface area contributed by atoms with E-state index >= 15 is 0 Å². The molecule has 0 spiro atoms. The maximum absolute atomic E-state index is 10.5. The highest BCUT2D eigenvalue weighted by atomic mass is 16.5. The molecule has 0 amide bonds. The van der Waals surface area contributed by atoms with Gasteiger partial charge in [-0.05, 0) is 77.6 Å². The van der Waals surface area contributed by atoms with E-state index < -0.39 is 0 Å². The van der Waals surface area contributed by atoms with Crippen molar-refractivity contribution < 1.29 is 14.6 Å². The minimum absolute atomic E-state index is 0.00378. The molecule has 4 unspecified atom stereocenters. The van der Waals surface area contributed by atoms with Gasteiger partial charge in [0, 0.05) is 13.2 Å². The van der Waals surface area contributed by atoms with Gasteiger partial charge in [-0.25, -0.2) is 0 Å². The van der Waals surface area contributed by atoms with Crippen LogP contribution in [0.25, 0.3) is 0 Å². The predicted molar refractivity (Wildman–Crippen MR) is 89.7 cm³/mol. The zero-order valence-electron chi connectivity index (χ0n) is 14.6. The zero-order valence-corrected chi connectivity index (χ0v) is 14.6. The van der Waals surface area contributed by atoms with E-state index in [1.165, 1.54) is 19.3 Å². The monoisotopic (exact) mass is 311 g/mol. The summed E-state index contributed by atoms with van der Waals surface area (Å²) in [4.78, 5) is 0. The van der Waals surface area contributed by atoms with Crippen LogP contribution in [0, 0.1) is 12.8 Å². The molecule has 0 aromatic carbocycles. The number of hydrogen-bond acceptors (Lipinski definition) is 3. The van der Waals surface area contributed by atoms with Crippen molar-refractivity contribution in [2.24, 2.45) is 5.92 Å². The zero-order chi connectivity index (χ0) is 16.1. The lowest BCUT2D eigenvalue weighted by atomic mass is 9.78. The summed E-state index contributed by atoms with van der Waals surface area (Å²) in [6.07, 6.45) is 10.4. The molecule has 0 aromatic heterocycles. The highest BCUT2D eigenvalue weighted by molar-refractivity contribution is 4.89. The van der Waals surface area contributed by atoms with Crippen molar-refractivity contribution >= 4 is 0 Å². The van der Waals surface area contributed by atoms with Crippen molar-refractivity contribution in [3.63, 3.8) is 0 Å². The third kappa shape index (κ3) is 4.46. The largest absolute Gasteiger partial charge is 0.390 e. The van der Waals surface area contributed by atoms with Gasteiger partial charge in [-0.2, -0.15) is 0 Å². The summed E-state index contributed by atoms with van der Waals surface area (Å²) in [5.74, 6) is 0.500. The Morgan fingerprint density at radius 1 is 0.955 bits per heavy atom. The van der Waals surface area contributed by atoms with E-state index in [0.29, 0.717) is 5.92 Å². The van der Waals surface area contributed by atoms with Crippen LogP contribution in [0.2, 0.25) is 0 Å². The van der Waals surface area contributed by atoms with Crippen LogP contribution in [0.3, 0.4) is 0 Å². The molecule has 2 aliphatic heterocycles. The molecule has 1 radical (unpaired) electrons. The fraction of sp³-hybridized carbons (Fsp3) is 0.947. The van der Waals surface area contributed by atoms with Crippen LogP contribution < -0.4 is 0 Å². The molecule has 2 saturated heterocycles. The van der Waals surface area contributed by atoms with Crippen molar-refractivity contribution in [2.45, 2.75) is 95.4 Å². The van der Waals surface area contributed by atoms with Gasteiger partial charge < -0.3 is 14.6 Å². The summed E-state index contributed by atoms with van der Waals surface area (Å²) in [7, 11) is 0. The number of hydrogen-bond donors (Lipinski definition) is 1. The molecule has 4 atom stereocenters. The van der Waals surface area contributed by atoms with E-state index in [0.717, 1.165) is 58.2 Å². The maximum Gasteiger partial charge on any atom is 0.0912 e. The Bertz CT molecular complexity index is 317. The second kappa shape index (κ2) is 8.12. The number of ether oxygens (including phenoxy) is 2. The predicted octanol–water partition coefficient (Wildman–Crippen LogP) is 4.28. The first-order chi connectivity index (χ1) is 10.5. The first-order valence-electron chi connectivity index (χ1n) is 9.25. The standard InChI is InChI=1S/C19H35O3/c1-4-16(18(2)12-5-7-14-21-18)10-9-11-17(20)19(3)13-6-8-15-22-19/h16-17,20H,1,4-15H2,2-3H3. The fourth-order valence-electron chi connectivity index (χ4n) is 4.11. The van der Waals surface area contributed by atoms with Gasteiger partial charge in [-0.3, -0.25) is 0 Å². The van der Waals surface area contributed by atoms with Gasteiger partial charge in [0.05, 0.1) is 17.3 Å². The highest BCUT2D eigenvalue weighted by Gasteiger charge is 2.37. The van der Waals surface area contributed by atoms with E-state index in [9.17, 15) is 5.11 Å². The molecule has 0 aliphatic carbocycles. The Morgan fingerprint density at radius 2 is 1.55 bits per heavy atom. The molecule has 22 heavy (non-hydrogen) atoms. The van der Waals surface area contributed by atoms with Gasteiger partial charge in [-0.15, -0.1) is 0 Å². The molecule has 3 nitrogen and oxygen atoms in total. The van der Waals surface area contributed by atoms with Gasteiger partial charge in [0.2, 0.25) is 0 Å². The minimum atomic E-state index is -0.349. The first kappa shape index (κ1) is 18.2. The molecule has 2 rings (SSSR count). The van der Waals surface area contributed by atoms with E-state index in [1.54, 1.807) is 0 Å². The Hall–Kier alpha value is -0.120. The van der Waals surface area contributed by atoms with Crippen molar-refractivity contribution in [2.75, 3.05) is 13.2 Å². The topological polar surface area (TPSA) is 38.7 Å². The molecule has 1 N–H and O–H groups in total. The van der Waals surface area contributed by atoms with Gasteiger partial charge in [0.1, 0.15) is 0 Å². The molecule has 0 bridgehead atoms. The van der Waals surface area contributed by atoms with Crippen LogP contribution in [0.15, 0.2) is 0 Å². The van der Waals surface area contributed by atoms with Crippen molar-refractivity contribution in [3.05, 3.63) is 6.92 Å². The van der Waals surface area contributed by atoms with Gasteiger partial charge >= 0.3 is 0 Å². The lowest BCUT2D eigenvalue weighted by Gasteiger charge is -2.41. The summed E-state index contributed by atoms with van der Waals surface area (Å²) in [6, 6.07) is 0. The number of aliphatic hydroxyl groups excluding tert-OH is 1. The SMILES string of the molecule is [CH2]CC(CCCC(O)C1(C)CCCCO1)C1(C)CCCCO1. The normalized spacial score (nSPS) is 36.0. The minimum Gasteiger partial charge on any atom is -0.390 e. The molecule has 2 aliphatic rings. The summed E-state index contributed by atoms with van der Waals surface area (Å²) in [6.45, 7) is 10.1. The van der Waals surface area contributed by atoms with Crippen LogP contribution >= 0.6 is 0 Å². The summed E-state index contributed by atoms with van der Waals surface area (Å²) >= 11 is 0.